The van der Waals surface area contributed by atoms with Crippen LogP contribution in [0.5, 0.6) is 0 Å². The van der Waals surface area contributed by atoms with E-state index < -0.39 is 17.7 Å². The number of benzene rings is 3. The van der Waals surface area contributed by atoms with Gasteiger partial charge in [-0.15, -0.1) is 0 Å². The Balaban J connectivity index is 1.61. The maximum atomic E-state index is 15.2. The van der Waals surface area contributed by atoms with Crippen LogP contribution in [0.15, 0.2) is 96.5 Å². The topological polar surface area (TPSA) is 38.3 Å². The monoisotopic (exact) mass is 373 g/mol. The molecule has 1 atom stereocenters. The summed E-state index contributed by atoms with van der Waals surface area (Å²) in [4.78, 5) is 12.2. The van der Waals surface area contributed by atoms with Gasteiger partial charge in [-0.1, -0.05) is 84.9 Å². The summed E-state index contributed by atoms with van der Waals surface area (Å²) in [5, 5.41) is 2.74. The predicted molar refractivity (Wildman–Crippen MR) is 107 cm³/mol. The molecule has 3 aromatic rings. The molecule has 1 aliphatic rings. The number of carbonyl (C=O) groups is 1. The Hall–Kier alpha value is -3.40. The number of halogens is 1. The fourth-order valence-electron chi connectivity index (χ4n) is 3.33. The summed E-state index contributed by atoms with van der Waals surface area (Å²) in [6, 6.07) is 27.1. The van der Waals surface area contributed by atoms with Gasteiger partial charge >= 0.3 is 0 Å². The van der Waals surface area contributed by atoms with Gasteiger partial charge in [0.1, 0.15) is 6.61 Å². The van der Waals surface area contributed by atoms with E-state index in [4.69, 9.17) is 4.74 Å². The smallest absolute Gasteiger partial charge is 0.289 e. The predicted octanol–water partition coefficient (Wildman–Crippen LogP) is 4.96. The third-order valence-corrected chi connectivity index (χ3v) is 4.82. The lowest BCUT2D eigenvalue weighted by Gasteiger charge is -2.24. The van der Waals surface area contributed by atoms with Crippen molar-refractivity contribution in [1.82, 2.24) is 5.32 Å². The van der Waals surface area contributed by atoms with Crippen molar-refractivity contribution in [3.63, 3.8) is 0 Å². The number of hydrogen-bond acceptors (Lipinski definition) is 2. The van der Waals surface area contributed by atoms with E-state index in [1.165, 1.54) is 0 Å². The molecule has 0 bridgehead atoms. The van der Waals surface area contributed by atoms with Gasteiger partial charge in [-0.25, -0.2) is 4.39 Å². The van der Waals surface area contributed by atoms with Crippen LogP contribution in [0.4, 0.5) is 4.39 Å². The normalized spacial score (nSPS) is 16.6. The van der Waals surface area contributed by atoms with E-state index in [0.717, 1.165) is 22.3 Å². The van der Waals surface area contributed by atoms with Crippen LogP contribution in [-0.4, -0.2) is 12.5 Å². The number of ether oxygens (including phenoxy) is 1. The lowest BCUT2D eigenvalue weighted by Crippen LogP contribution is -2.36. The zero-order valence-corrected chi connectivity index (χ0v) is 15.3. The number of nitrogens with one attached hydrogen (secondary N) is 1. The fraction of sp³-hybridized carbons (Fsp3) is 0.125. The van der Waals surface area contributed by atoms with Gasteiger partial charge in [-0.05, 0) is 22.3 Å². The number of amides is 1. The van der Waals surface area contributed by atoms with Gasteiger partial charge in [-0.3, -0.25) is 4.79 Å². The average molecular weight is 373 g/mol. The fourth-order valence-corrected chi connectivity index (χ4v) is 3.33. The molecule has 0 saturated carbocycles. The first kappa shape index (κ1) is 18.0. The summed E-state index contributed by atoms with van der Waals surface area (Å²) >= 11 is 0. The Morgan fingerprint density at radius 3 is 2.32 bits per heavy atom. The van der Waals surface area contributed by atoms with Crippen LogP contribution in [0.25, 0.3) is 11.1 Å². The molecule has 0 spiro atoms. The number of rotatable bonds is 5. The molecule has 1 amide bonds. The molecule has 0 aliphatic carbocycles. The van der Waals surface area contributed by atoms with E-state index in [0.29, 0.717) is 0 Å². The molecule has 3 aromatic carbocycles. The van der Waals surface area contributed by atoms with Crippen LogP contribution in [-0.2, 0) is 16.1 Å². The quantitative estimate of drug-likeness (QED) is 0.686. The van der Waals surface area contributed by atoms with Gasteiger partial charge in [-0.2, -0.15) is 0 Å². The van der Waals surface area contributed by atoms with Crippen LogP contribution in [0.2, 0.25) is 0 Å². The van der Waals surface area contributed by atoms with Crippen molar-refractivity contribution < 1.29 is 13.9 Å². The van der Waals surface area contributed by atoms with Crippen molar-refractivity contribution in [1.29, 1.82) is 0 Å². The molecule has 28 heavy (non-hydrogen) atoms. The largest absolute Gasteiger partial charge is 0.481 e. The summed E-state index contributed by atoms with van der Waals surface area (Å²) in [5.74, 6) is -1.83. The average Bonchev–Trinajstić information content (AvgIpc) is 2.75. The molecular formula is C24H20FNO2. The number of carbonyl (C=O) groups excluding carboxylic acids is 1. The minimum Gasteiger partial charge on any atom is -0.481 e. The summed E-state index contributed by atoms with van der Waals surface area (Å²) < 4.78 is 20.7. The highest BCUT2D eigenvalue weighted by Crippen LogP contribution is 2.33. The van der Waals surface area contributed by atoms with Crippen LogP contribution in [0.1, 0.15) is 17.0 Å². The molecule has 1 N–H and O–H groups in total. The van der Waals surface area contributed by atoms with E-state index in [9.17, 15) is 4.79 Å². The lowest BCUT2D eigenvalue weighted by molar-refractivity contribution is -0.122. The maximum absolute atomic E-state index is 15.2. The molecule has 1 aliphatic heterocycles. The standard InChI is InChI=1S/C24H20FNO2/c25-22-21(20-13-7-12-19(14-20)18-10-5-2-6-11-18)15-26-24(27)23(22)28-16-17-8-3-1-4-9-17/h1-14,21H,15-16H2,(H,26,27). The van der Waals surface area contributed by atoms with Crippen LogP contribution < -0.4 is 5.32 Å². The highest BCUT2D eigenvalue weighted by molar-refractivity contribution is 5.93. The van der Waals surface area contributed by atoms with E-state index in [-0.39, 0.29) is 18.9 Å². The Morgan fingerprint density at radius 2 is 1.57 bits per heavy atom. The summed E-state index contributed by atoms with van der Waals surface area (Å²) in [6.45, 7) is 0.356. The highest BCUT2D eigenvalue weighted by atomic mass is 19.1. The molecule has 0 radical (unpaired) electrons. The van der Waals surface area contributed by atoms with Crippen LogP contribution in [0, 0.1) is 0 Å². The van der Waals surface area contributed by atoms with Crippen molar-refractivity contribution in [2.24, 2.45) is 0 Å². The van der Waals surface area contributed by atoms with Crippen molar-refractivity contribution in [2.75, 3.05) is 6.54 Å². The number of hydrogen-bond donors (Lipinski definition) is 1. The molecular weight excluding hydrogens is 353 g/mol. The Kier molecular flexibility index (Phi) is 5.20. The van der Waals surface area contributed by atoms with Gasteiger partial charge in [0, 0.05) is 6.54 Å². The second-order valence-corrected chi connectivity index (χ2v) is 6.71. The SMILES string of the molecule is O=C1NCC(c2cccc(-c3ccccc3)c2)C(F)=C1OCc1ccccc1. The van der Waals surface area contributed by atoms with Gasteiger partial charge in [0.25, 0.3) is 5.91 Å². The third kappa shape index (κ3) is 3.81. The Bertz CT molecular complexity index is 999. The van der Waals surface area contributed by atoms with Gasteiger partial charge in [0.15, 0.2) is 5.83 Å². The first-order chi connectivity index (χ1) is 13.7. The molecule has 0 fully saturated rings. The molecule has 4 heteroatoms. The summed E-state index contributed by atoms with van der Waals surface area (Å²) in [6.07, 6.45) is 0. The van der Waals surface area contributed by atoms with Crippen LogP contribution in [0.3, 0.4) is 0 Å². The molecule has 3 nitrogen and oxygen atoms in total. The minimum absolute atomic E-state index is 0.147. The van der Waals surface area contributed by atoms with Crippen molar-refractivity contribution in [2.45, 2.75) is 12.5 Å². The highest BCUT2D eigenvalue weighted by Gasteiger charge is 2.31. The van der Waals surface area contributed by atoms with Crippen LogP contribution >= 0.6 is 0 Å². The molecule has 4 rings (SSSR count). The molecule has 1 unspecified atom stereocenters. The zero-order chi connectivity index (χ0) is 19.3. The van der Waals surface area contributed by atoms with E-state index in [1.807, 2.05) is 84.9 Å². The first-order valence-corrected chi connectivity index (χ1v) is 9.22. The Morgan fingerprint density at radius 1 is 0.893 bits per heavy atom. The van der Waals surface area contributed by atoms with E-state index >= 15 is 4.39 Å². The van der Waals surface area contributed by atoms with Gasteiger partial charge < -0.3 is 10.1 Å². The maximum Gasteiger partial charge on any atom is 0.289 e. The zero-order valence-electron chi connectivity index (χ0n) is 15.3. The third-order valence-electron chi connectivity index (χ3n) is 4.82. The summed E-state index contributed by atoms with van der Waals surface area (Å²) in [5.41, 5.74) is 3.76. The van der Waals surface area contributed by atoms with Crippen molar-refractivity contribution in [3.8, 4) is 11.1 Å². The second kappa shape index (κ2) is 8.09. The van der Waals surface area contributed by atoms with E-state index in [2.05, 4.69) is 5.32 Å². The molecule has 140 valence electrons. The second-order valence-electron chi connectivity index (χ2n) is 6.71. The molecule has 1 heterocycles. The first-order valence-electron chi connectivity index (χ1n) is 9.22. The van der Waals surface area contributed by atoms with Crippen molar-refractivity contribution in [3.05, 3.63) is 108 Å². The van der Waals surface area contributed by atoms with Gasteiger partial charge in [0.2, 0.25) is 5.76 Å². The lowest BCUT2D eigenvalue weighted by atomic mass is 9.92. The molecule has 0 saturated heterocycles. The summed E-state index contributed by atoms with van der Waals surface area (Å²) in [7, 11) is 0. The van der Waals surface area contributed by atoms with Gasteiger partial charge in [0.05, 0.1) is 5.92 Å². The molecule has 0 aromatic heterocycles. The Labute approximate surface area is 163 Å². The van der Waals surface area contributed by atoms with E-state index in [1.54, 1.807) is 0 Å². The van der Waals surface area contributed by atoms with Crippen molar-refractivity contribution >= 4 is 5.91 Å². The minimum atomic E-state index is -0.563.